The van der Waals surface area contributed by atoms with Crippen molar-refractivity contribution in [1.29, 1.82) is 0 Å². The molecule has 0 amide bonds. The summed E-state index contributed by atoms with van der Waals surface area (Å²) in [4.78, 5) is 4.54. The number of aromatic nitrogens is 2. The van der Waals surface area contributed by atoms with Crippen LogP contribution in [0.3, 0.4) is 0 Å². The molecule has 1 N–H and O–H groups in total. The zero-order chi connectivity index (χ0) is 13.1. The molecule has 0 spiro atoms. The molecule has 102 valence electrons. The summed E-state index contributed by atoms with van der Waals surface area (Å²) in [6.07, 6.45) is 4.38. The summed E-state index contributed by atoms with van der Waals surface area (Å²) in [5, 5.41) is 4.73. The maximum absolute atomic E-state index is 5.24. The highest BCUT2D eigenvalue weighted by Crippen LogP contribution is 2.28. The van der Waals surface area contributed by atoms with Crippen molar-refractivity contribution in [2.45, 2.75) is 25.3 Å². The van der Waals surface area contributed by atoms with E-state index in [1.807, 2.05) is 12.3 Å². The molecule has 4 nitrogen and oxygen atoms in total. The average molecular weight is 259 g/mol. The smallest absolute Gasteiger partial charge is 0.140 e. The second kappa shape index (κ2) is 5.72. The normalized spacial score (nSPS) is 19.9. The van der Waals surface area contributed by atoms with Gasteiger partial charge in [0.2, 0.25) is 0 Å². The Hall–Kier alpha value is -1.39. The molecule has 1 unspecified atom stereocenters. The summed E-state index contributed by atoms with van der Waals surface area (Å²) >= 11 is 0. The van der Waals surface area contributed by atoms with Gasteiger partial charge in [-0.15, -0.1) is 0 Å². The summed E-state index contributed by atoms with van der Waals surface area (Å²) in [5.74, 6) is 0.597. The number of fused-ring (bicyclic) bond motifs is 1. The highest BCUT2D eigenvalue weighted by molar-refractivity contribution is 5.77. The molecule has 2 aromatic heterocycles. The topological polar surface area (TPSA) is 39.1 Å². The van der Waals surface area contributed by atoms with E-state index < -0.39 is 0 Å². The van der Waals surface area contributed by atoms with Crippen LogP contribution >= 0.6 is 0 Å². The SMILES string of the molecule is COCCn1c(C2CCCNC2)cc2cccnc21. The maximum Gasteiger partial charge on any atom is 0.140 e. The number of pyridine rings is 1. The molecule has 0 aromatic carbocycles. The molecule has 1 aliphatic heterocycles. The minimum absolute atomic E-state index is 0.597. The molecule has 2 aromatic rings. The Labute approximate surface area is 113 Å². The molecule has 0 aliphatic carbocycles. The van der Waals surface area contributed by atoms with Gasteiger partial charge in [0.15, 0.2) is 0 Å². The van der Waals surface area contributed by atoms with Crippen molar-refractivity contribution in [3.05, 3.63) is 30.1 Å². The van der Waals surface area contributed by atoms with Crippen LogP contribution in [0.15, 0.2) is 24.4 Å². The molecule has 1 atom stereocenters. The minimum atomic E-state index is 0.597. The minimum Gasteiger partial charge on any atom is -0.383 e. The molecule has 1 saturated heterocycles. The second-order valence-electron chi connectivity index (χ2n) is 5.17. The monoisotopic (exact) mass is 259 g/mol. The number of nitrogens with one attached hydrogen (secondary N) is 1. The molecule has 0 radical (unpaired) electrons. The first-order chi connectivity index (χ1) is 9.40. The molecule has 1 aliphatic rings. The number of methoxy groups -OCH3 is 1. The van der Waals surface area contributed by atoms with E-state index in [-0.39, 0.29) is 0 Å². The molecule has 0 bridgehead atoms. The van der Waals surface area contributed by atoms with Gasteiger partial charge in [-0.25, -0.2) is 4.98 Å². The van der Waals surface area contributed by atoms with Crippen molar-refractivity contribution in [1.82, 2.24) is 14.9 Å². The predicted octanol–water partition coefficient (Wildman–Crippen LogP) is 2.15. The third-order valence-corrected chi connectivity index (χ3v) is 3.92. The summed E-state index contributed by atoms with van der Waals surface area (Å²) < 4.78 is 7.57. The molecule has 19 heavy (non-hydrogen) atoms. The number of hydrogen-bond donors (Lipinski definition) is 1. The van der Waals surface area contributed by atoms with Gasteiger partial charge in [-0.2, -0.15) is 0 Å². The fourth-order valence-corrected chi connectivity index (χ4v) is 2.97. The van der Waals surface area contributed by atoms with Crippen LogP contribution < -0.4 is 5.32 Å². The Balaban J connectivity index is 2.00. The quantitative estimate of drug-likeness (QED) is 0.914. The molecule has 4 heteroatoms. The van der Waals surface area contributed by atoms with Crippen molar-refractivity contribution in [2.24, 2.45) is 0 Å². The van der Waals surface area contributed by atoms with E-state index >= 15 is 0 Å². The summed E-state index contributed by atoms with van der Waals surface area (Å²) in [5.41, 5.74) is 2.48. The van der Waals surface area contributed by atoms with Gasteiger partial charge in [-0.3, -0.25) is 0 Å². The van der Waals surface area contributed by atoms with Gasteiger partial charge in [-0.1, -0.05) is 0 Å². The standard InChI is InChI=1S/C15H21N3O/c1-19-9-8-18-14(13-5-2-6-16-11-13)10-12-4-3-7-17-15(12)18/h3-4,7,10,13,16H,2,5-6,8-9,11H2,1H3. The Kier molecular flexibility index (Phi) is 3.80. The highest BCUT2D eigenvalue weighted by Gasteiger charge is 2.20. The predicted molar refractivity (Wildman–Crippen MR) is 76.5 cm³/mol. The molecular weight excluding hydrogens is 238 g/mol. The van der Waals surface area contributed by atoms with Crippen molar-refractivity contribution < 1.29 is 4.74 Å². The first-order valence-electron chi connectivity index (χ1n) is 7.04. The van der Waals surface area contributed by atoms with E-state index in [0.717, 1.165) is 31.9 Å². The van der Waals surface area contributed by atoms with Gasteiger partial charge in [0.1, 0.15) is 5.65 Å². The number of rotatable bonds is 4. The highest BCUT2D eigenvalue weighted by atomic mass is 16.5. The van der Waals surface area contributed by atoms with E-state index in [1.54, 1.807) is 7.11 Å². The number of nitrogens with zero attached hydrogens (tertiary/aromatic N) is 2. The van der Waals surface area contributed by atoms with Crippen LogP contribution in [0.4, 0.5) is 0 Å². The summed E-state index contributed by atoms with van der Waals surface area (Å²) in [6, 6.07) is 6.45. The largest absolute Gasteiger partial charge is 0.383 e. The Morgan fingerprint density at radius 1 is 1.53 bits per heavy atom. The molecule has 3 heterocycles. The lowest BCUT2D eigenvalue weighted by molar-refractivity contribution is 0.187. The average Bonchev–Trinajstić information content (AvgIpc) is 2.85. The second-order valence-corrected chi connectivity index (χ2v) is 5.17. The maximum atomic E-state index is 5.24. The van der Waals surface area contributed by atoms with E-state index in [4.69, 9.17) is 4.74 Å². The molecule has 0 saturated carbocycles. The Bertz CT molecular complexity index is 543. The van der Waals surface area contributed by atoms with Crippen LogP contribution in [0, 0.1) is 0 Å². The van der Waals surface area contributed by atoms with Gasteiger partial charge >= 0.3 is 0 Å². The van der Waals surface area contributed by atoms with Gasteiger partial charge < -0.3 is 14.6 Å². The Morgan fingerprint density at radius 3 is 3.26 bits per heavy atom. The zero-order valence-corrected chi connectivity index (χ0v) is 11.4. The number of piperidine rings is 1. The third-order valence-electron chi connectivity index (χ3n) is 3.92. The van der Waals surface area contributed by atoms with Crippen molar-refractivity contribution in [3.63, 3.8) is 0 Å². The number of ether oxygens (including phenoxy) is 1. The lowest BCUT2D eigenvalue weighted by Crippen LogP contribution is -2.29. The fraction of sp³-hybridized carbons (Fsp3) is 0.533. The summed E-state index contributed by atoms with van der Waals surface area (Å²) in [7, 11) is 1.75. The van der Waals surface area contributed by atoms with E-state index in [1.165, 1.54) is 23.9 Å². The van der Waals surface area contributed by atoms with Gasteiger partial charge in [0.05, 0.1) is 6.61 Å². The molecule has 1 fully saturated rings. The summed E-state index contributed by atoms with van der Waals surface area (Å²) in [6.45, 7) is 3.83. The van der Waals surface area contributed by atoms with Crippen LogP contribution in [-0.2, 0) is 11.3 Å². The lowest BCUT2D eigenvalue weighted by Gasteiger charge is -2.24. The van der Waals surface area contributed by atoms with Gasteiger partial charge in [-0.05, 0) is 37.6 Å². The van der Waals surface area contributed by atoms with Crippen molar-refractivity contribution >= 4 is 11.0 Å². The lowest BCUT2D eigenvalue weighted by atomic mass is 9.96. The van der Waals surface area contributed by atoms with Crippen LogP contribution in [-0.4, -0.2) is 36.4 Å². The van der Waals surface area contributed by atoms with E-state index in [0.29, 0.717) is 5.92 Å². The van der Waals surface area contributed by atoms with Crippen molar-refractivity contribution in [2.75, 3.05) is 26.8 Å². The van der Waals surface area contributed by atoms with E-state index in [9.17, 15) is 0 Å². The number of hydrogen-bond acceptors (Lipinski definition) is 3. The van der Waals surface area contributed by atoms with Crippen LogP contribution in [0.2, 0.25) is 0 Å². The first-order valence-corrected chi connectivity index (χ1v) is 7.04. The molecular formula is C15H21N3O. The van der Waals surface area contributed by atoms with E-state index in [2.05, 4.69) is 27.0 Å². The van der Waals surface area contributed by atoms with Crippen LogP contribution in [0.25, 0.3) is 11.0 Å². The van der Waals surface area contributed by atoms with Crippen molar-refractivity contribution in [3.8, 4) is 0 Å². The molecule has 3 rings (SSSR count). The Morgan fingerprint density at radius 2 is 2.47 bits per heavy atom. The van der Waals surface area contributed by atoms with Crippen LogP contribution in [0.1, 0.15) is 24.5 Å². The van der Waals surface area contributed by atoms with Gasteiger partial charge in [0.25, 0.3) is 0 Å². The first kappa shape index (κ1) is 12.6. The van der Waals surface area contributed by atoms with Crippen LogP contribution in [0.5, 0.6) is 0 Å². The third kappa shape index (κ3) is 2.51. The van der Waals surface area contributed by atoms with Gasteiger partial charge in [0, 0.05) is 43.4 Å². The zero-order valence-electron chi connectivity index (χ0n) is 11.4. The fourth-order valence-electron chi connectivity index (χ4n) is 2.97.